The number of hydrogen-bond acceptors (Lipinski definition) is 9. The maximum absolute atomic E-state index is 10.1. The Kier molecular flexibility index (Phi) is 4.35. The highest BCUT2D eigenvalue weighted by Crippen LogP contribution is 2.31. The lowest BCUT2D eigenvalue weighted by Crippen LogP contribution is -2.33. The van der Waals surface area contributed by atoms with Crippen molar-refractivity contribution in [2.24, 2.45) is 0 Å². The highest BCUT2D eigenvalue weighted by atomic mass is 16.6. The number of hydrogen-bond donors (Lipinski definition) is 5. The van der Waals surface area contributed by atoms with E-state index in [0.717, 1.165) is 0 Å². The van der Waals surface area contributed by atoms with Crippen LogP contribution >= 0.6 is 0 Å². The Balaban J connectivity index is 2.05. The number of aliphatic hydroxyl groups excluding tert-OH is 4. The lowest BCUT2D eigenvalue weighted by atomic mass is 10.1. The molecule has 24 heavy (non-hydrogen) atoms. The molecule has 128 valence electrons. The largest absolute Gasteiger partial charge is 0.394 e. The molecular weight excluding hydrogens is 318 g/mol. The lowest BCUT2D eigenvalue weighted by Gasteiger charge is -2.16. The Labute approximate surface area is 136 Å². The van der Waals surface area contributed by atoms with Crippen molar-refractivity contribution in [1.82, 2.24) is 19.5 Å². The zero-order valence-electron chi connectivity index (χ0n) is 12.7. The van der Waals surface area contributed by atoms with Crippen LogP contribution in [-0.2, 0) is 4.74 Å². The minimum Gasteiger partial charge on any atom is -0.394 e. The molecule has 0 bridgehead atoms. The molecule has 5 atom stereocenters. The number of anilines is 1. The second-order valence-electron chi connectivity index (χ2n) is 5.43. The first-order valence-corrected chi connectivity index (χ1v) is 7.24. The predicted octanol–water partition coefficient (Wildman–Crippen LogP) is -2.25. The summed E-state index contributed by atoms with van der Waals surface area (Å²) in [6, 6.07) is 0. The Morgan fingerprint density at radius 1 is 1.38 bits per heavy atom. The van der Waals surface area contributed by atoms with E-state index in [9.17, 15) is 20.4 Å². The van der Waals surface area contributed by atoms with Crippen LogP contribution in [0.2, 0.25) is 0 Å². The summed E-state index contributed by atoms with van der Waals surface area (Å²) in [4.78, 5) is 12.3. The summed E-state index contributed by atoms with van der Waals surface area (Å²) in [6.07, 6.45) is -3.93. The van der Waals surface area contributed by atoms with Gasteiger partial charge in [-0.2, -0.15) is 0 Å². The van der Waals surface area contributed by atoms with E-state index < -0.39 is 37.3 Å². The van der Waals surface area contributed by atoms with Crippen LogP contribution in [0.4, 0.5) is 5.82 Å². The number of nitrogens with two attached hydrogens (primary N) is 1. The molecule has 0 saturated carbocycles. The summed E-state index contributed by atoms with van der Waals surface area (Å²) >= 11 is 0. The molecule has 1 saturated heterocycles. The van der Waals surface area contributed by atoms with Crippen LogP contribution in [0.5, 0.6) is 0 Å². The molecule has 10 heteroatoms. The third-order valence-corrected chi connectivity index (χ3v) is 3.63. The molecule has 0 spiro atoms. The van der Waals surface area contributed by atoms with Crippen molar-refractivity contribution < 1.29 is 25.2 Å². The molecule has 10 nitrogen and oxygen atoms in total. The van der Waals surface area contributed by atoms with Gasteiger partial charge in [-0.25, -0.2) is 15.0 Å². The van der Waals surface area contributed by atoms with Crippen LogP contribution in [0.1, 0.15) is 19.0 Å². The Morgan fingerprint density at radius 3 is 2.75 bits per heavy atom. The molecule has 6 N–H and O–H groups in total. The fourth-order valence-corrected chi connectivity index (χ4v) is 2.46. The zero-order chi connectivity index (χ0) is 17.4. The van der Waals surface area contributed by atoms with Gasteiger partial charge in [0, 0.05) is 0 Å². The van der Waals surface area contributed by atoms with Crippen LogP contribution in [0, 0.1) is 11.8 Å². The van der Waals surface area contributed by atoms with Crippen molar-refractivity contribution in [3.63, 3.8) is 0 Å². The molecule has 1 aliphatic rings. The first kappa shape index (κ1) is 16.6. The highest BCUT2D eigenvalue weighted by Gasteiger charge is 2.44. The van der Waals surface area contributed by atoms with E-state index in [0.29, 0.717) is 0 Å². The van der Waals surface area contributed by atoms with Crippen molar-refractivity contribution in [2.45, 2.75) is 37.6 Å². The molecule has 0 radical (unpaired) electrons. The van der Waals surface area contributed by atoms with Gasteiger partial charge >= 0.3 is 0 Å². The fourth-order valence-electron chi connectivity index (χ4n) is 2.46. The minimum atomic E-state index is -1.28. The summed E-state index contributed by atoms with van der Waals surface area (Å²) in [5.74, 6) is 5.26. The summed E-state index contributed by atoms with van der Waals surface area (Å²) in [5.41, 5.74) is 6.38. The molecule has 3 rings (SSSR count). The standard InChI is InChI=1S/C14H17N5O5/c1-6(21)2-3-8-17-12(15)9-13(18-8)19(5-16-9)14-11(23)10(22)7(4-20)24-14/h5-7,10-11,14,20-23H,4H2,1H3,(H2,15,17,18). The SMILES string of the molecule is CC(O)C#Cc1nc(N)c2ncn(C3OC(CO)C(O)C3O)c2n1. The van der Waals surface area contributed by atoms with Gasteiger partial charge in [0.2, 0.25) is 5.82 Å². The van der Waals surface area contributed by atoms with E-state index in [-0.39, 0.29) is 22.8 Å². The first-order valence-electron chi connectivity index (χ1n) is 7.24. The quantitative estimate of drug-likeness (QED) is 0.382. The monoisotopic (exact) mass is 335 g/mol. The second kappa shape index (κ2) is 6.31. The molecule has 3 heterocycles. The Bertz CT molecular complexity index is 811. The van der Waals surface area contributed by atoms with Crippen molar-refractivity contribution in [1.29, 1.82) is 0 Å². The molecule has 1 fully saturated rings. The number of rotatable bonds is 2. The zero-order valence-corrected chi connectivity index (χ0v) is 12.7. The Morgan fingerprint density at radius 2 is 2.12 bits per heavy atom. The summed E-state index contributed by atoms with van der Waals surface area (Å²) < 4.78 is 6.85. The van der Waals surface area contributed by atoms with Crippen molar-refractivity contribution in [2.75, 3.05) is 12.3 Å². The molecule has 2 aromatic heterocycles. The van der Waals surface area contributed by atoms with Gasteiger partial charge in [0.25, 0.3) is 0 Å². The van der Waals surface area contributed by atoms with Crippen LogP contribution in [0.3, 0.4) is 0 Å². The molecule has 0 aromatic carbocycles. The van der Waals surface area contributed by atoms with Crippen LogP contribution < -0.4 is 5.73 Å². The second-order valence-corrected chi connectivity index (χ2v) is 5.43. The maximum Gasteiger partial charge on any atom is 0.209 e. The van der Waals surface area contributed by atoms with Gasteiger partial charge in [-0.1, -0.05) is 5.92 Å². The van der Waals surface area contributed by atoms with E-state index in [1.165, 1.54) is 17.8 Å². The molecule has 1 aliphatic heterocycles. The smallest absolute Gasteiger partial charge is 0.209 e. The van der Waals surface area contributed by atoms with Gasteiger partial charge < -0.3 is 30.9 Å². The van der Waals surface area contributed by atoms with E-state index in [1.807, 2.05) is 0 Å². The normalized spacial score (nSPS) is 27.9. The molecule has 5 unspecified atom stereocenters. The van der Waals surface area contributed by atoms with Gasteiger partial charge in [0.1, 0.15) is 29.9 Å². The molecule has 2 aromatic rings. The predicted molar refractivity (Wildman–Crippen MR) is 81.3 cm³/mol. The summed E-state index contributed by atoms with van der Waals surface area (Å²) in [6.45, 7) is 1.06. The molecule has 0 amide bonds. The Hall–Kier alpha value is -2.29. The van der Waals surface area contributed by atoms with E-state index in [1.54, 1.807) is 0 Å². The van der Waals surface area contributed by atoms with E-state index in [4.69, 9.17) is 10.5 Å². The summed E-state index contributed by atoms with van der Waals surface area (Å²) in [7, 11) is 0. The topological polar surface area (TPSA) is 160 Å². The number of nitrogens with zero attached hydrogens (tertiary/aromatic N) is 4. The number of imidazole rings is 1. The van der Waals surface area contributed by atoms with E-state index >= 15 is 0 Å². The third kappa shape index (κ3) is 2.79. The van der Waals surface area contributed by atoms with Gasteiger partial charge in [-0.05, 0) is 12.8 Å². The maximum atomic E-state index is 10.1. The fraction of sp³-hybridized carbons (Fsp3) is 0.500. The van der Waals surface area contributed by atoms with Crippen LogP contribution in [0.15, 0.2) is 6.33 Å². The number of aromatic nitrogens is 4. The average Bonchev–Trinajstić information content (AvgIpc) is 3.08. The van der Waals surface area contributed by atoms with Gasteiger partial charge in [-0.3, -0.25) is 4.57 Å². The van der Waals surface area contributed by atoms with Crippen molar-refractivity contribution in [3.05, 3.63) is 12.2 Å². The molecule has 0 aliphatic carbocycles. The summed E-state index contributed by atoms with van der Waals surface area (Å²) in [5, 5.41) is 38.4. The van der Waals surface area contributed by atoms with Gasteiger partial charge in [0.15, 0.2) is 17.7 Å². The number of ether oxygens (including phenoxy) is 1. The third-order valence-electron chi connectivity index (χ3n) is 3.63. The van der Waals surface area contributed by atoms with Crippen molar-refractivity contribution >= 4 is 17.0 Å². The molecular formula is C14H17N5O5. The van der Waals surface area contributed by atoms with E-state index in [2.05, 4.69) is 26.8 Å². The number of nitrogen functional groups attached to an aromatic ring is 1. The highest BCUT2D eigenvalue weighted by molar-refractivity contribution is 5.82. The number of fused-ring (bicyclic) bond motifs is 1. The van der Waals surface area contributed by atoms with Crippen LogP contribution in [0.25, 0.3) is 11.2 Å². The van der Waals surface area contributed by atoms with Gasteiger partial charge in [0.05, 0.1) is 12.9 Å². The number of aliphatic hydroxyl groups is 4. The van der Waals surface area contributed by atoms with Crippen molar-refractivity contribution in [3.8, 4) is 11.8 Å². The average molecular weight is 335 g/mol. The lowest BCUT2D eigenvalue weighted by molar-refractivity contribution is -0.0511. The minimum absolute atomic E-state index is 0.0781. The first-order chi connectivity index (χ1) is 11.4. The van der Waals surface area contributed by atoms with Gasteiger partial charge in [-0.15, -0.1) is 0 Å². The van der Waals surface area contributed by atoms with Crippen LogP contribution in [-0.4, -0.2) is 71.0 Å².